The van der Waals surface area contributed by atoms with Gasteiger partial charge in [0.2, 0.25) is 0 Å². The highest BCUT2D eigenvalue weighted by Crippen LogP contribution is 2.19. The molecule has 0 bridgehead atoms. The van der Waals surface area contributed by atoms with E-state index in [2.05, 4.69) is 6.07 Å². The minimum Gasteiger partial charge on any atom is -0.323 e. The summed E-state index contributed by atoms with van der Waals surface area (Å²) in [4.78, 5) is 0. The highest BCUT2D eigenvalue weighted by atomic mass is 14.7. The molecule has 0 heterocycles. The van der Waals surface area contributed by atoms with Crippen molar-refractivity contribution in [1.82, 2.24) is 0 Å². The van der Waals surface area contributed by atoms with Crippen molar-refractivity contribution >= 4 is 5.71 Å². The van der Waals surface area contributed by atoms with Crippen molar-refractivity contribution in [3.63, 3.8) is 0 Å². The standard InChI is InChI=1S/C10H12N2/c11-9-6-5-7-3-1-2-4-8(7)10(9)12/h1-4,9,12H,5-6,11H2. The predicted octanol–water partition coefficient (Wildman–Crippen LogP) is 1.33. The molecule has 2 nitrogen and oxygen atoms in total. The zero-order valence-corrected chi connectivity index (χ0v) is 6.88. The van der Waals surface area contributed by atoms with Gasteiger partial charge in [-0.2, -0.15) is 0 Å². The van der Waals surface area contributed by atoms with Crippen LogP contribution in [0.1, 0.15) is 17.5 Å². The van der Waals surface area contributed by atoms with Crippen LogP contribution in [-0.4, -0.2) is 11.8 Å². The molecule has 0 radical (unpaired) electrons. The maximum atomic E-state index is 7.75. The summed E-state index contributed by atoms with van der Waals surface area (Å²) in [6.07, 6.45) is 1.93. The molecule has 0 saturated carbocycles. The third-order valence-electron chi connectivity index (χ3n) is 2.40. The topological polar surface area (TPSA) is 49.9 Å². The van der Waals surface area contributed by atoms with Gasteiger partial charge in [-0.15, -0.1) is 0 Å². The molecule has 0 amide bonds. The zero-order chi connectivity index (χ0) is 8.55. The summed E-state index contributed by atoms with van der Waals surface area (Å²) in [6, 6.07) is 7.99. The van der Waals surface area contributed by atoms with Gasteiger partial charge in [-0.25, -0.2) is 0 Å². The van der Waals surface area contributed by atoms with Crippen molar-refractivity contribution in [3.05, 3.63) is 35.4 Å². The number of aryl methyl sites for hydroxylation is 1. The van der Waals surface area contributed by atoms with E-state index in [1.54, 1.807) is 0 Å². The Morgan fingerprint density at radius 2 is 2.08 bits per heavy atom. The molecule has 2 rings (SSSR count). The number of fused-ring (bicyclic) bond motifs is 1. The van der Waals surface area contributed by atoms with Crippen molar-refractivity contribution in [2.45, 2.75) is 18.9 Å². The maximum absolute atomic E-state index is 7.75. The van der Waals surface area contributed by atoms with Crippen LogP contribution in [-0.2, 0) is 6.42 Å². The van der Waals surface area contributed by atoms with Crippen LogP contribution < -0.4 is 5.73 Å². The van der Waals surface area contributed by atoms with Gasteiger partial charge in [0, 0.05) is 11.6 Å². The first-order valence-electron chi connectivity index (χ1n) is 4.21. The SMILES string of the molecule is N=C1c2ccccc2CCC1N. The summed E-state index contributed by atoms with van der Waals surface area (Å²) in [5, 5.41) is 7.75. The molecule has 62 valence electrons. The van der Waals surface area contributed by atoms with Crippen LogP contribution in [0.2, 0.25) is 0 Å². The van der Waals surface area contributed by atoms with Crippen molar-refractivity contribution < 1.29 is 0 Å². The van der Waals surface area contributed by atoms with Gasteiger partial charge in [0.15, 0.2) is 0 Å². The average molecular weight is 160 g/mol. The highest BCUT2D eigenvalue weighted by molar-refractivity contribution is 6.04. The summed E-state index contributed by atoms with van der Waals surface area (Å²) >= 11 is 0. The second kappa shape index (κ2) is 2.72. The zero-order valence-electron chi connectivity index (χ0n) is 6.88. The number of nitrogens with two attached hydrogens (primary N) is 1. The van der Waals surface area contributed by atoms with Gasteiger partial charge in [0.25, 0.3) is 0 Å². The minimum absolute atomic E-state index is 0.0556. The van der Waals surface area contributed by atoms with Gasteiger partial charge in [-0.05, 0) is 18.4 Å². The molecule has 1 aliphatic carbocycles. The van der Waals surface area contributed by atoms with E-state index < -0.39 is 0 Å². The molecule has 1 atom stereocenters. The number of nitrogens with one attached hydrogen (secondary N) is 1. The molecule has 1 aromatic rings. The van der Waals surface area contributed by atoms with E-state index in [0.717, 1.165) is 18.4 Å². The minimum atomic E-state index is -0.0556. The molecule has 0 spiro atoms. The van der Waals surface area contributed by atoms with E-state index in [-0.39, 0.29) is 6.04 Å². The lowest BCUT2D eigenvalue weighted by Crippen LogP contribution is -2.35. The maximum Gasteiger partial charge on any atom is 0.0556 e. The normalized spacial score (nSPS) is 22.1. The summed E-state index contributed by atoms with van der Waals surface area (Å²) < 4.78 is 0. The van der Waals surface area contributed by atoms with E-state index in [1.165, 1.54) is 5.56 Å². The van der Waals surface area contributed by atoms with Crippen LogP contribution in [0.4, 0.5) is 0 Å². The third kappa shape index (κ3) is 1.04. The Bertz CT molecular complexity index is 317. The molecular formula is C10H12N2. The van der Waals surface area contributed by atoms with Gasteiger partial charge < -0.3 is 11.1 Å². The molecule has 1 aliphatic rings. The first-order valence-corrected chi connectivity index (χ1v) is 4.21. The second-order valence-electron chi connectivity index (χ2n) is 3.22. The van der Waals surface area contributed by atoms with Crippen LogP contribution in [0.15, 0.2) is 24.3 Å². The summed E-state index contributed by atoms with van der Waals surface area (Å²) in [5.41, 5.74) is 8.67. The molecule has 1 unspecified atom stereocenters. The largest absolute Gasteiger partial charge is 0.323 e. The van der Waals surface area contributed by atoms with Gasteiger partial charge in [-0.1, -0.05) is 24.3 Å². The second-order valence-corrected chi connectivity index (χ2v) is 3.22. The van der Waals surface area contributed by atoms with Crippen LogP contribution in [0.3, 0.4) is 0 Å². The van der Waals surface area contributed by atoms with Crippen LogP contribution >= 0.6 is 0 Å². The highest BCUT2D eigenvalue weighted by Gasteiger charge is 2.19. The van der Waals surface area contributed by atoms with Gasteiger partial charge in [0.1, 0.15) is 0 Å². The smallest absolute Gasteiger partial charge is 0.0556 e. The van der Waals surface area contributed by atoms with E-state index in [1.807, 2.05) is 18.2 Å². The predicted molar refractivity (Wildman–Crippen MR) is 49.6 cm³/mol. The molecular weight excluding hydrogens is 148 g/mol. The van der Waals surface area contributed by atoms with E-state index in [9.17, 15) is 0 Å². The van der Waals surface area contributed by atoms with Crippen molar-refractivity contribution in [2.75, 3.05) is 0 Å². The number of hydrogen-bond acceptors (Lipinski definition) is 2. The Labute approximate surface area is 71.9 Å². The number of rotatable bonds is 0. The lowest BCUT2D eigenvalue weighted by Gasteiger charge is -2.21. The van der Waals surface area contributed by atoms with Gasteiger partial charge in [0.05, 0.1) is 5.71 Å². The van der Waals surface area contributed by atoms with E-state index in [0.29, 0.717) is 5.71 Å². The number of benzene rings is 1. The Balaban J connectivity index is 2.49. The molecule has 0 aromatic heterocycles. The van der Waals surface area contributed by atoms with Gasteiger partial charge >= 0.3 is 0 Å². The molecule has 2 heteroatoms. The van der Waals surface area contributed by atoms with E-state index >= 15 is 0 Å². The van der Waals surface area contributed by atoms with Crippen molar-refractivity contribution in [1.29, 1.82) is 5.41 Å². The summed E-state index contributed by atoms with van der Waals surface area (Å²) in [7, 11) is 0. The first kappa shape index (κ1) is 7.50. The number of hydrogen-bond donors (Lipinski definition) is 2. The molecule has 0 aliphatic heterocycles. The molecule has 12 heavy (non-hydrogen) atoms. The molecule has 0 saturated heterocycles. The third-order valence-corrected chi connectivity index (χ3v) is 2.40. The average Bonchev–Trinajstić information content (AvgIpc) is 2.12. The lowest BCUT2D eigenvalue weighted by molar-refractivity contribution is 0.726. The fourth-order valence-corrected chi connectivity index (χ4v) is 1.66. The van der Waals surface area contributed by atoms with Crippen LogP contribution in [0.5, 0.6) is 0 Å². The van der Waals surface area contributed by atoms with Crippen molar-refractivity contribution in [3.8, 4) is 0 Å². The fourth-order valence-electron chi connectivity index (χ4n) is 1.66. The lowest BCUT2D eigenvalue weighted by atomic mass is 9.87. The molecule has 1 aromatic carbocycles. The molecule has 3 N–H and O–H groups in total. The Hall–Kier alpha value is -1.15. The van der Waals surface area contributed by atoms with Gasteiger partial charge in [-0.3, -0.25) is 0 Å². The van der Waals surface area contributed by atoms with E-state index in [4.69, 9.17) is 11.1 Å². The first-order chi connectivity index (χ1) is 5.79. The Morgan fingerprint density at radius 1 is 1.33 bits per heavy atom. The monoisotopic (exact) mass is 160 g/mol. The summed E-state index contributed by atoms with van der Waals surface area (Å²) in [5.74, 6) is 0. The Morgan fingerprint density at radius 3 is 2.92 bits per heavy atom. The van der Waals surface area contributed by atoms with Crippen LogP contribution in [0.25, 0.3) is 0 Å². The molecule has 0 fully saturated rings. The fraction of sp³-hybridized carbons (Fsp3) is 0.300. The quantitative estimate of drug-likeness (QED) is 0.591. The van der Waals surface area contributed by atoms with Crippen molar-refractivity contribution in [2.24, 2.45) is 5.73 Å². The summed E-state index contributed by atoms with van der Waals surface area (Å²) in [6.45, 7) is 0. The van der Waals surface area contributed by atoms with Crippen LogP contribution in [0, 0.1) is 5.41 Å². The Kier molecular flexibility index (Phi) is 1.70.